The van der Waals surface area contributed by atoms with Crippen molar-refractivity contribution in [1.82, 2.24) is 15.2 Å². The van der Waals surface area contributed by atoms with Gasteiger partial charge in [0.25, 0.3) is 0 Å². The number of nitrogens with two attached hydrogens (primary N) is 2. The highest BCUT2D eigenvalue weighted by molar-refractivity contribution is 5.91. The number of rotatable bonds is 8. The van der Waals surface area contributed by atoms with Gasteiger partial charge in [0.1, 0.15) is 12.4 Å². The van der Waals surface area contributed by atoms with E-state index in [0.29, 0.717) is 12.3 Å². The zero-order valence-electron chi connectivity index (χ0n) is 18.9. The molecule has 3 rings (SSSR count). The van der Waals surface area contributed by atoms with E-state index in [-0.39, 0.29) is 6.61 Å². The first-order valence-corrected chi connectivity index (χ1v) is 10.4. The standard InChI is InChI=1S/C23H30N6O3/c1-5-12-31-22-16(3)21(27-28(22)4)17-10-11-20(15(2)13-17)32-14-18-8-6-7-9-19(18)29(25)23(30)26-24/h6-11,13H,5,12,14,24-25H2,1-4H3,(H,26,30). The van der Waals surface area contributed by atoms with Crippen molar-refractivity contribution >= 4 is 11.7 Å². The van der Waals surface area contributed by atoms with Gasteiger partial charge in [0.15, 0.2) is 0 Å². The second-order valence-electron chi connectivity index (χ2n) is 7.47. The van der Waals surface area contributed by atoms with Crippen LogP contribution in [0.3, 0.4) is 0 Å². The molecule has 0 saturated heterocycles. The molecule has 2 aromatic carbocycles. The van der Waals surface area contributed by atoms with Crippen LogP contribution in [0.4, 0.5) is 10.5 Å². The molecular formula is C23H30N6O3. The molecule has 170 valence electrons. The summed E-state index contributed by atoms with van der Waals surface area (Å²) >= 11 is 0. The monoisotopic (exact) mass is 438 g/mol. The van der Waals surface area contributed by atoms with Crippen molar-refractivity contribution in [3.8, 4) is 22.9 Å². The number of urea groups is 1. The number of ether oxygens (including phenoxy) is 2. The van der Waals surface area contributed by atoms with E-state index in [9.17, 15) is 4.79 Å². The molecule has 0 saturated carbocycles. The minimum absolute atomic E-state index is 0.236. The lowest BCUT2D eigenvalue weighted by Crippen LogP contribution is -2.48. The fourth-order valence-electron chi connectivity index (χ4n) is 3.45. The van der Waals surface area contributed by atoms with Crippen LogP contribution in [-0.2, 0) is 13.7 Å². The largest absolute Gasteiger partial charge is 0.489 e. The number of hydrogen-bond acceptors (Lipinski definition) is 6. The van der Waals surface area contributed by atoms with Crippen LogP contribution in [0.2, 0.25) is 0 Å². The third-order valence-electron chi connectivity index (χ3n) is 5.09. The Labute approximate surface area is 187 Å². The molecule has 0 spiro atoms. The van der Waals surface area contributed by atoms with Gasteiger partial charge >= 0.3 is 6.03 Å². The zero-order valence-corrected chi connectivity index (χ0v) is 18.9. The Kier molecular flexibility index (Phi) is 7.34. The Morgan fingerprint density at radius 1 is 1.19 bits per heavy atom. The number of nitrogens with one attached hydrogen (secondary N) is 1. The Morgan fingerprint density at radius 2 is 1.94 bits per heavy atom. The fourth-order valence-corrected chi connectivity index (χ4v) is 3.45. The van der Waals surface area contributed by atoms with Crippen LogP contribution >= 0.6 is 0 Å². The van der Waals surface area contributed by atoms with Crippen molar-refractivity contribution in [2.45, 2.75) is 33.8 Å². The summed E-state index contributed by atoms with van der Waals surface area (Å²) in [6, 6.07) is 12.5. The van der Waals surface area contributed by atoms with Crippen molar-refractivity contribution < 1.29 is 14.3 Å². The highest BCUT2D eigenvalue weighted by Crippen LogP contribution is 2.32. The van der Waals surface area contributed by atoms with Crippen LogP contribution in [0.15, 0.2) is 42.5 Å². The van der Waals surface area contributed by atoms with Crippen LogP contribution in [0.5, 0.6) is 11.6 Å². The average Bonchev–Trinajstić information content (AvgIpc) is 3.09. The molecule has 1 heterocycles. The van der Waals surface area contributed by atoms with E-state index >= 15 is 0 Å². The lowest BCUT2D eigenvalue weighted by atomic mass is 10.1. The second-order valence-corrected chi connectivity index (χ2v) is 7.47. The summed E-state index contributed by atoms with van der Waals surface area (Å²) in [5, 5.41) is 5.59. The molecule has 9 heteroatoms. The molecule has 0 atom stereocenters. The Hall–Kier alpha value is -3.56. The third kappa shape index (κ3) is 4.84. The van der Waals surface area contributed by atoms with Gasteiger partial charge in [-0.25, -0.2) is 26.2 Å². The van der Waals surface area contributed by atoms with Gasteiger partial charge in [0.05, 0.1) is 18.0 Å². The van der Waals surface area contributed by atoms with E-state index in [1.807, 2.05) is 56.7 Å². The van der Waals surface area contributed by atoms with Gasteiger partial charge in [0, 0.05) is 23.7 Å². The van der Waals surface area contributed by atoms with Gasteiger partial charge in [0.2, 0.25) is 5.88 Å². The van der Waals surface area contributed by atoms with Crippen LogP contribution < -0.4 is 31.6 Å². The van der Waals surface area contributed by atoms with Gasteiger partial charge in [-0.15, -0.1) is 0 Å². The molecule has 0 aliphatic carbocycles. The van der Waals surface area contributed by atoms with E-state index in [4.69, 9.17) is 21.2 Å². The van der Waals surface area contributed by atoms with Crippen LogP contribution in [0.25, 0.3) is 11.3 Å². The second kappa shape index (κ2) is 10.2. The topological polar surface area (TPSA) is 121 Å². The summed E-state index contributed by atoms with van der Waals surface area (Å²) in [7, 11) is 1.88. The van der Waals surface area contributed by atoms with Crippen molar-refractivity contribution in [3.63, 3.8) is 0 Å². The lowest BCUT2D eigenvalue weighted by Gasteiger charge is -2.20. The SMILES string of the molecule is CCCOc1c(C)c(-c2ccc(OCc3ccccc3N(N)C(=O)NN)c(C)c2)nn1C. The molecule has 0 bridgehead atoms. The predicted octanol–water partition coefficient (Wildman–Crippen LogP) is 3.34. The maximum atomic E-state index is 11.8. The van der Waals surface area contributed by atoms with Gasteiger partial charge in [-0.1, -0.05) is 25.1 Å². The maximum Gasteiger partial charge on any atom is 0.350 e. The number of amides is 2. The molecule has 9 nitrogen and oxygen atoms in total. The summed E-state index contributed by atoms with van der Waals surface area (Å²) < 4.78 is 13.6. The summed E-state index contributed by atoms with van der Waals surface area (Å²) in [6.45, 7) is 6.96. The fraction of sp³-hybridized carbons (Fsp3) is 0.304. The number of aryl methyl sites for hydroxylation is 2. The predicted molar refractivity (Wildman–Crippen MR) is 124 cm³/mol. The van der Waals surface area contributed by atoms with Crippen LogP contribution in [0, 0.1) is 13.8 Å². The molecule has 32 heavy (non-hydrogen) atoms. The Bertz CT molecular complexity index is 1100. The quantitative estimate of drug-likeness (QED) is 0.282. The van der Waals surface area contributed by atoms with E-state index in [2.05, 4.69) is 12.0 Å². The molecule has 0 aliphatic rings. The minimum Gasteiger partial charge on any atom is -0.489 e. The third-order valence-corrected chi connectivity index (χ3v) is 5.09. The number of nitrogens with zero attached hydrogens (tertiary/aromatic N) is 3. The zero-order chi connectivity index (χ0) is 23.3. The number of hydrogen-bond donors (Lipinski definition) is 3. The van der Waals surface area contributed by atoms with E-state index in [1.165, 1.54) is 0 Å². The maximum absolute atomic E-state index is 11.8. The number of anilines is 1. The van der Waals surface area contributed by atoms with Crippen molar-refractivity contribution in [2.24, 2.45) is 18.7 Å². The van der Waals surface area contributed by atoms with Crippen LogP contribution in [-0.4, -0.2) is 22.4 Å². The smallest absolute Gasteiger partial charge is 0.350 e. The molecule has 2 amide bonds. The summed E-state index contributed by atoms with van der Waals surface area (Å²) in [6.07, 6.45) is 0.938. The van der Waals surface area contributed by atoms with E-state index < -0.39 is 6.03 Å². The van der Waals surface area contributed by atoms with Crippen LogP contribution in [0.1, 0.15) is 30.0 Å². The van der Waals surface area contributed by atoms with Crippen molar-refractivity contribution in [1.29, 1.82) is 0 Å². The molecule has 1 aromatic heterocycles. The molecule has 5 N–H and O–H groups in total. The van der Waals surface area contributed by atoms with Gasteiger partial charge < -0.3 is 9.47 Å². The molecule has 0 aliphatic heterocycles. The first-order chi connectivity index (χ1) is 15.4. The minimum atomic E-state index is -0.619. The molecule has 0 radical (unpaired) electrons. The summed E-state index contributed by atoms with van der Waals surface area (Å²) in [4.78, 5) is 11.8. The molecule has 0 unspecified atom stereocenters. The van der Waals surface area contributed by atoms with Crippen molar-refractivity contribution in [3.05, 3.63) is 59.2 Å². The highest BCUT2D eigenvalue weighted by atomic mass is 16.5. The average molecular weight is 439 g/mol. The Morgan fingerprint density at radius 3 is 2.62 bits per heavy atom. The van der Waals surface area contributed by atoms with Crippen molar-refractivity contribution in [2.75, 3.05) is 11.6 Å². The molecule has 0 fully saturated rings. The van der Waals surface area contributed by atoms with Gasteiger partial charge in [-0.05, 0) is 50.1 Å². The number of aromatic nitrogens is 2. The van der Waals surface area contributed by atoms with Gasteiger partial charge in [-0.3, -0.25) is 5.43 Å². The number of benzene rings is 2. The molecule has 3 aromatic rings. The highest BCUT2D eigenvalue weighted by Gasteiger charge is 2.17. The number of carbonyl (C=O) groups is 1. The van der Waals surface area contributed by atoms with E-state index in [0.717, 1.165) is 51.0 Å². The number of carbonyl (C=O) groups excluding carboxylic acids is 1. The number of para-hydroxylation sites is 1. The summed E-state index contributed by atoms with van der Waals surface area (Å²) in [5.41, 5.74) is 7.11. The lowest BCUT2D eigenvalue weighted by molar-refractivity contribution is 0.246. The number of hydrazine groups is 2. The summed E-state index contributed by atoms with van der Waals surface area (Å²) in [5.74, 6) is 12.6. The Balaban J connectivity index is 1.79. The normalized spacial score (nSPS) is 10.7. The van der Waals surface area contributed by atoms with E-state index in [1.54, 1.807) is 16.8 Å². The first kappa shape index (κ1) is 23.1. The van der Waals surface area contributed by atoms with Gasteiger partial charge in [-0.2, -0.15) is 5.10 Å². The molecular weight excluding hydrogens is 408 g/mol. The first-order valence-electron chi connectivity index (χ1n) is 10.4.